The van der Waals surface area contributed by atoms with Crippen molar-refractivity contribution < 1.29 is 14.7 Å². The van der Waals surface area contributed by atoms with E-state index in [4.69, 9.17) is 5.73 Å². The molecular weight excluding hydrogens is 208 g/mol. The van der Waals surface area contributed by atoms with E-state index in [1.807, 2.05) is 0 Å². The van der Waals surface area contributed by atoms with Crippen molar-refractivity contribution in [3.63, 3.8) is 0 Å². The number of nitrogens with two attached hydrogens (primary N) is 1. The smallest absolute Gasteiger partial charge is 0.329 e. The average molecular weight is 226 g/mol. The van der Waals surface area contributed by atoms with E-state index in [1.54, 1.807) is 6.92 Å². The zero-order valence-electron chi connectivity index (χ0n) is 9.53. The van der Waals surface area contributed by atoms with Crippen LogP contribution in [0.5, 0.6) is 0 Å². The molecule has 0 aromatic rings. The Labute approximate surface area is 94.6 Å². The summed E-state index contributed by atoms with van der Waals surface area (Å²) in [6.07, 6.45) is 2.90. The Morgan fingerprint density at radius 3 is 2.44 bits per heavy atom. The van der Waals surface area contributed by atoms with Gasteiger partial charge in [-0.2, -0.15) is 0 Å². The molecule has 1 amide bonds. The molecule has 0 aromatic heterocycles. The second kappa shape index (κ2) is 3.45. The lowest BCUT2D eigenvalue weighted by atomic mass is 9.96. The fourth-order valence-corrected chi connectivity index (χ4v) is 2.45. The number of amides is 1. The van der Waals surface area contributed by atoms with Crippen molar-refractivity contribution in [2.45, 2.75) is 38.1 Å². The van der Waals surface area contributed by atoms with E-state index >= 15 is 0 Å². The summed E-state index contributed by atoms with van der Waals surface area (Å²) in [6, 6.07) is 0. The standard InChI is InChI=1S/C11H18N2O3/c1-10(9(15)16)3-2-6-13(10)8(14)11(7-12)4-5-11/h2-7,12H2,1H3,(H,15,16). The van der Waals surface area contributed by atoms with Gasteiger partial charge in [-0.1, -0.05) is 0 Å². The highest BCUT2D eigenvalue weighted by Crippen LogP contribution is 2.48. The molecule has 16 heavy (non-hydrogen) atoms. The lowest BCUT2D eigenvalue weighted by molar-refractivity contribution is -0.157. The number of carboxylic acid groups (broad SMARTS) is 1. The predicted octanol–water partition coefficient (Wildman–Crippen LogP) is 0.191. The number of carbonyl (C=O) groups excluding carboxylic acids is 1. The van der Waals surface area contributed by atoms with Crippen LogP contribution in [-0.4, -0.2) is 40.5 Å². The maximum atomic E-state index is 12.3. The molecule has 2 rings (SSSR count). The lowest BCUT2D eigenvalue weighted by Gasteiger charge is -2.33. The molecule has 0 bridgehead atoms. The fraction of sp³-hybridized carbons (Fsp3) is 0.818. The molecule has 1 atom stereocenters. The first kappa shape index (κ1) is 11.4. The van der Waals surface area contributed by atoms with Gasteiger partial charge in [-0.3, -0.25) is 4.79 Å². The van der Waals surface area contributed by atoms with E-state index in [1.165, 1.54) is 4.90 Å². The number of hydrogen-bond donors (Lipinski definition) is 2. The molecule has 5 nitrogen and oxygen atoms in total. The van der Waals surface area contributed by atoms with Crippen LogP contribution in [0.1, 0.15) is 32.6 Å². The third kappa shape index (κ3) is 1.42. The van der Waals surface area contributed by atoms with Gasteiger partial charge in [0.25, 0.3) is 0 Å². The van der Waals surface area contributed by atoms with Crippen molar-refractivity contribution in [3.8, 4) is 0 Å². The number of rotatable bonds is 3. The average Bonchev–Trinajstić information content (AvgIpc) is 2.95. The second-order valence-corrected chi connectivity index (χ2v) is 5.12. The molecule has 0 radical (unpaired) electrons. The summed E-state index contributed by atoms with van der Waals surface area (Å²) in [5.74, 6) is -0.969. The van der Waals surface area contributed by atoms with Crippen LogP contribution in [0.25, 0.3) is 0 Å². The van der Waals surface area contributed by atoms with Crippen LogP contribution in [0.4, 0.5) is 0 Å². The first-order valence-electron chi connectivity index (χ1n) is 5.72. The molecular formula is C11H18N2O3. The number of hydrogen-bond acceptors (Lipinski definition) is 3. The number of nitrogens with zero attached hydrogens (tertiary/aromatic N) is 1. The Balaban J connectivity index is 2.21. The minimum atomic E-state index is -1.03. The largest absolute Gasteiger partial charge is 0.480 e. The highest BCUT2D eigenvalue weighted by Gasteiger charge is 2.56. The van der Waals surface area contributed by atoms with Gasteiger partial charge < -0.3 is 15.7 Å². The van der Waals surface area contributed by atoms with Crippen molar-refractivity contribution in [2.24, 2.45) is 11.1 Å². The predicted molar refractivity (Wildman–Crippen MR) is 57.7 cm³/mol. The Hall–Kier alpha value is -1.10. The van der Waals surface area contributed by atoms with Gasteiger partial charge in [0.15, 0.2) is 0 Å². The maximum Gasteiger partial charge on any atom is 0.329 e. The van der Waals surface area contributed by atoms with Crippen LogP contribution in [0.3, 0.4) is 0 Å². The molecule has 2 fully saturated rings. The molecule has 1 aliphatic heterocycles. The van der Waals surface area contributed by atoms with Gasteiger partial charge in [0.2, 0.25) is 5.91 Å². The van der Waals surface area contributed by atoms with Gasteiger partial charge >= 0.3 is 5.97 Å². The first-order chi connectivity index (χ1) is 7.46. The normalized spacial score (nSPS) is 31.5. The van der Waals surface area contributed by atoms with Crippen molar-refractivity contribution in [2.75, 3.05) is 13.1 Å². The molecule has 90 valence electrons. The van der Waals surface area contributed by atoms with Crippen molar-refractivity contribution in [1.82, 2.24) is 4.90 Å². The SMILES string of the molecule is CC1(C(=O)O)CCCN1C(=O)C1(CN)CC1. The number of carbonyl (C=O) groups is 2. The third-order valence-electron chi connectivity index (χ3n) is 4.04. The van der Waals surface area contributed by atoms with Crippen LogP contribution in [0.15, 0.2) is 0 Å². The van der Waals surface area contributed by atoms with Crippen LogP contribution < -0.4 is 5.73 Å². The van der Waals surface area contributed by atoms with E-state index in [0.29, 0.717) is 19.5 Å². The van der Waals surface area contributed by atoms with Crippen LogP contribution in [0, 0.1) is 5.41 Å². The summed E-state index contributed by atoms with van der Waals surface area (Å²) in [5, 5.41) is 9.23. The van der Waals surface area contributed by atoms with E-state index in [0.717, 1.165) is 19.3 Å². The molecule has 1 saturated heterocycles. The molecule has 0 aromatic carbocycles. The zero-order valence-corrected chi connectivity index (χ0v) is 9.53. The van der Waals surface area contributed by atoms with Gasteiger partial charge in [-0.05, 0) is 32.6 Å². The van der Waals surface area contributed by atoms with Gasteiger partial charge in [0.05, 0.1) is 5.41 Å². The number of aliphatic carboxylic acids is 1. The topological polar surface area (TPSA) is 83.6 Å². The first-order valence-corrected chi connectivity index (χ1v) is 5.72. The van der Waals surface area contributed by atoms with E-state index in [2.05, 4.69) is 0 Å². The van der Waals surface area contributed by atoms with E-state index in [-0.39, 0.29) is 5.91 Å². The summed E-state index contributed by atoms with van der Waals surface area (Å²) >= 11 is 0. The van der Waals surface area contributed by atoms with Gasteiger partial charge in [0.1, 0.15) is 5.54 Å². The van der Waals surface area contributed by atoms with Crippen LogP contribution in [0.2, 0.25) is 0 Å². The van der Waals surface area contributed by atoms with Gasteiger partial charge in [-0.15, -0.1) is 0 Å². The number of likely N-dealkylation sites (tertiary alicyclic amines) is 1. The van der Waals surface area contributed by atoms with Gasteiger partial charge in [-0.25, -0.2) is 4.79 Å². The molecule has 3 N–H and O–H groups in total. The third-order valence-corrected chi connectivity index (χ3v) is 4.04. The highest BCUT2D eigenvalue weighted by molar-refractivity contribution is 5.92. The maximum absolute atomic E-state index is 12.3. The fourth-order valence-electron chi connectivity index (χ4n) is 2.45. The van der Waals surface area contributed by atoms with Crippen molar-refractivity contribution in [1.29, 1.82) is 0 Å². The monoisotopic (exact) mass is 226 g/mol. The minimum Gasteiger partial charge on any atom is -0.480 e. The highest BCUT2D eigenvalue weighted by atomic mass is 16.4. The van der Waals surface area contributed by atoms with Crippen molar-refractivity contribution in [3.05, 3.63) is 0 Å². The molecule has 0 spiro atoms. The van der Waals surface area contributed by atoms with E-state index in [9.17, 15) is 14.7 Å². The lowest BCUT2D eigenvalue weighted by Crippen LogP contribution is -2.54. The van der Waals surface area contributed by atoms with E-state index < -0.39 is 16.9 Å². The quantitative estimate of drug-likeness (QED) is 0.719. The number of carboxylic acids is 1. The second-order valence-electron chi connectivity index (χ2n) is 5.12. The summed E-state index contributed by atoms with van der Waals surface area (Å²) in [4.78, 5) is 25.0. The molecule has 2 aliphatic rings. The summed E-state index contributed by atoms with van der Waals surface area (Å²) < 4.78 is 0. The van der Waals surface area contributed by atoms with Crippen molar-refractivity contribution >= 4 is 11.9 Å². The molecule has 1 heterocycles. The molecule has 5 heteroatoms. The molecule has 1 unspecified atom stereocenters. The molecule has 1 aliphatic carbocycles. The summed E-state index contributed by atoms with van der Waals surface area (Å²) in [6.45, 7) is 2.51. The summed E-state index contributed by atoms with van der Waals surface area (Å²) in [7, 11) is 0. The Bertz CT molecular complexity index is 338. The Kier molecular flexibility index (Phi) is 2.45. The minimum absolute atomic E-state index is 0.0580. The molecule has 1 saturated carbocycles. The Morgan fingerprint density at radius 2 is 2.00 bits per heavy atom. The Morgan fingerprint density at radius 1 is 1.38 bits per heavy atom. The van der Waals surface area contributed by atoms with Gasteiger partial charge in [0, 0.05) is 13.1 Å². The van der Waals surface area contributed by atoms with Crippen LogP contribution in [-0.2, 0) is 9.59 Å². The zero-order chi connectivity index (χ0) is 12.0. The van der Waals surface area contributed by atoms with Crippen LogP contribution >= 0.6 is 0 Å². The summed E-state index contributed by atoms with van der Waals surface area (Å²) in [5.41, 5.74) is 4.14.